The lowest BCUT2D eigenvalue weighted by atomic mass is 10.1. The van der Waals surface area contributed by atoms with E-state index in [1.165, 1.54) is 24.6 Å². The maximum absolute atomic E-state index is 11.3. The average molecular weight is 373 g/mol. The number of aliphatic hydroxyl groups excluding tert-OH is 3. The van der Waals surface area contributed by atoms with Gasteiger partial charge in [-0.25, -0.2) is 4.98 Å². The van der Waals surface area contributed by atoms with Crippen LogP contribution in [0.5, 0.6) is 5.75 Å². The van der Waals surface area contributed by atoms with Gasteiger partial charge in [0.15, 0.2) is 11.5 Å². The highest BCUT2D eigenvalue weighted by Gasteiger charge is 2.50. The van der Waals surface area contributed by atoms with Crippen LogP contribution in [0, 0.1) is 0 Å². The molecule has 25 heavy (non-hydrogen) atoms. The van der Waals surface area contributed by atoms with Gasteiger partial charge in [0.05, 0.1) is 6.26 Å². The zero-order valence-corrected chi connectivity index (χ0v) is 13.4. The highest BCUT2D eigenvalue weighted by atomic mass is 32.2. The molecule has 3 heterocycles. The molecular weight excluding hydrogens is 358 g/mol. The summed E-state index contributed by atoms with van der Waals surface area (Å²) in [6.45, 7) is 0. The Kier molecular flexibility index (Phi) is 4.77. The second-order valence-corrected chi connectivity index (χ2v) is 6.80. The van der Waals surface area contributed by atoms with E-state index in [2.05, 4.69) is 4.98 Å². The van der Waals surface area contributed by atoms with Crippen LogP contribution in [0.1, 0.15) is 0 Å². The molecule has 1 aliphatic heterocycles. The Morgan fingerprint density at radius 1 is 1.08 bits per heavy atom. The average Bonchev–Trinajstić information content (AvgIpc) is 3.09. The number of hydrogen-bond donors (Lipinski definition) is 4. The molecule has 0 aromatic carbocycles. The topological polar surface area (TPSA) is 160 Å². The molecule has 0 amide bonds. The van der Waals surface area contributed by atoms with Gasteiger partial charge in [-0.15, -0.1) is 0 Å². The molecule has 0 spiro atoms. The molecule has 136 valence electrons. The van der Waals surface area contributed by atoms with Gasteiger partial charge in [0.1, 0.15) is 24.0 Å². The number of aliphatic hydroxyl groups is 3. The Bertz CT molecular complexity index is 823. The fourth-order valence-corrected chi connectivity index (χ4v) is 3.13. The van der Waals surface area contributed by atoms with E-state index >= 15 is 0 Å². The van der Waals surface area contributed by atoms with E-state index in [-0.39, 0.29) is 11.4 Å². The third-order valence-corrected chi connectivity index (χ3v) is 4.56. The molecule has 0 saturated carbocycles. The third kappa shape index (κ3) is 3.51. The lowest BCUT2D eigenvalue weighted by molar-refractivity contribution is -0.254. The molecule has 1 aliphatic rings. The monoisotopic (exact) mass is 373 g/mol. The Hall–Kier alpha value is -2.02. The Balaban J connectivity index is 1.90. The predicted octanol–water partition coefficient (Wildman–Crippen LogP) is -0.627. The Labute approximate surface area is 142 Å². The maximum atomic E-state index is 11.3. The molecule has 0 bridgehead atoms. The summed E-state index contributed by atoms with van der Waals surface area (Å²) in [5.41, 5.74) is -1.94. The Morgan fingerprint density at radius 3 is 2.48 bits per heavy atom. The van der Waals surface area contributed by atoms with Gasteiger partial charge in [0, 0.05) is 6.20 Å². The van der Waals surface area contributed by atoms with E-state index in [9.17, 15) is 23.7 Å². The predicted molar refractivity (Wildman–Crippen MR) is 80.8 cm³/mol. The van der Waals surface area contributed by atoms with Crippen molar-refractivity contribution in [2.45, 2.75) is 30.0 Å². The van der Waals surface area contributed by atoms with Crippen LogP contribution in [-0.4, -0.2) is 63.3 Å². The first-order valence-electron chi connectivity index (χ1n) is 7.10. The number of nitrogens with zero attached hydrogens (tertiary/aromatic N) is 1. The Morgan fingerprint density at radius 2 is 1.84 bits per heavy atom. The zero-order chi connectivity index (χ0) is 18.2. The van der Waals surface area contributed by atoms with E-state index in [0.29, 0.717) is 5.76 Å². The molecule has 11 heteroatoms. The molecule has 5 atom stereocenters. The maximum Gasteiger partial charge on any atom is 0.295 e. The van der Waals surface area contributed by atoms with E-state index in [4.69, 9.17) is 18.4 Å². The molecule has 0 radical (unpaired) electrons. The zero-order valence-electron chi connectivity index (χ0n) is 12.5. The normalized spacial score (nSPS) is 30.2. The molecule has 2 aromatic heterocycles. The second kappa shape index (κ2) is 6.71. The van der Waals surface area contributed by atoms with Gasteiger partial charge in [-0.1, -0.05) is 0 Å². The van der Waals surface area contributed by atoms with Crippen molar-refractivity contribution in [3.05, 3.63) is 36.7 Å². The van der Waals surface area contributed by atoms with Gasteiger partial charge >= 0.3 is 0 Å². The minimum Gasteiger partial charge on any atom is -0.463 e. The molecule has 1 fully saturated rings. The van der Waals surface area contributed by atoms with Crippen molar-refractivity contribution in [2.24, 2.45) is 0 Å². The first-order valence-corrected chi connectivity index (χ1v) is 8.61. The quantitative estimate of drug-likeness (QED) is 0.508. The summed E-state index contributed by atoms with van der Waals surface area (Å²) in [5.74, 6) is 0.409. The molecular formula is C14H15NO9S. The fraction of sp³-hybridized carbons (Fsp3) is 0.357. The van der Waals surface area contributed by atoms with Crippen LogP contribution >= 0.6 is 0 Å². The van der Waals surface area contributed by atoms with Gasteiger partial charge in [-0.05, 0) is 24.3 Å². The highest BCUT2D eigenvalue weighted by Crippen LogP contribution is 2.32. The van der Waals surface area contributed by atoms with Crippen LogP contribution in [0.15, 0.2) is 41.1 Å². The first-order chi connectivity index (χ1) is 11.8. The summed E-state index contributed by atoms with van der Waals surface area (Å²) < 4.78 is 47.3. The third-order valence-electron chi connectivity index (χ3n) is 3.59. The van der Waals surface area contributed by atoms with Gasteiger partial charge in [0.25, 0.3) is 10.1 Å². The van der Waals surface area contributed by atoms with E-state index in [0.717, 1.165) is 0 Å². The van der Waals surface area contributed by atoms with Crippen molar-refractivity contribution in [1.82, 2.24) is 4.98 Å². The van der Waals surface area contributed by atoms with Crippen LogP contribution in [-0.2, 0) is 14.9 Å². The lowest BCUT2D eigenvalue weighted by Crippen LogP contribution is -2.61. The summed E-state index contributed by atoms with van der Waals surface area (Å²) in [6.07, 6.45) is -4.57. The van der Waals surface area contributed by atoms with Gasteiger partial charge < -0.3 is 29.2 Å². The summed E-state index contributed by atoms with van der Waals surface area (Å²) in [7, 11) is -4.87. The van der Waals surface area contributed by atoms with Crippen LogP contribution in [0.2, 0.25) is 0 Å². The summed E-state index contributed by atoms with van der Waals surface area (Å²) in [6, 6.07) is 6.20. The molecule has 4 N–H and O–H groups in total. The van der Waals surface area contributed by atoms with Crippen molar-refractivity contribution < 1.29 is 42.2 Å². The minimum absolute atomic E-state index is 0.0687. The van der Waals surface area contributed by atoms with Gasteiger partial charge in [-0.2, -0.15) is 8.42 Å². The summed E-state index contributed by atoms with van der Waals surface area (Å²) in [5, 5.41) is 29.5. The van der Waals surface area contributed by atoms with Crippen LogP contribution in [0.25, 0.3) is 11.5 Å². The molecule has 2 aromatic rings. The number of furan rings is 1. The number of ether oxygens (including phenoxy) is 2. The van der Waals surface area contributed by atoms with Crippen LogP contribution < -0.4 is 4.74 Å². The second-order valence-electron chi connectivity index (χ2n) is 5.30. The largest absolute Gasteiger partial charge is 0.463 e. The van der Waals surface area contributed by atoms with Crippen LogP contribution in [0.3, 0.4) is 0 Å². The summed E-state index contributed by atoms with van der Waals surface area (Å²) >= 11 is 0. The SMILES string of the molecule is O=S(=O)(O)C1O[C@@H](Oc2cccnc2-c2ccco2)[C@H](O)[C@@H](O)[C@@H]1O. The van der Waals surface area contributed by atoms with Crippen molar-refractivity contribution in [2.75, 3.05) is 0 Å². The van der Waals surface area contributed by atoms with E-state index in [1.807, 2.05) is 0 Å². The van der Waals surface area contributed by atoms with E-state index < -0.39 is 40.2 Å². The first kappa shape index (κ1) is 17.8. The summed E-state index contributed by atoms with van der Waals surface area (Å²) in [4.78, 5) is 4.08. The lowest BCUT2D eigenvalue weighted by Gasteiger charge is -2.38. The van der Waals surface area contributed by atoms with Gasteiger partial charge in [-0.3, -0.25) is 4.55 Å². The van der Waals surface area contributed by atoms with Crippen LogP contribution in [0.4, 0.5) is 0 Å². The standard InChI is InChI=1S/C14H15NO9S/c16-10-11(17)13(24-14(12(10)18)25(19,20)21)23-8-3-1-5-15-9(8)7-4-2-6-22-7/h1-6,10-14,16-18H,(H,19,20,21)/t10-,11-,12+,13-,14?/m1/s1. The van der Waals surface area contributed by atoms with Gasteiger partial charge in [0.2, 0.25) is 11.7 Å². The molecule has 0 aliphatic carbocycles. The highest BCUT2D eigenvalue weighted by molar-refractivity contribution is 7.86. The molecule has 3 rings (SSSR count). The van der Waals surface area contributed by atoms with Crippen molar-refractivity contribution in [1.29, 1.82) is 0 Å². The number of hydrogen-bond acceptors (Lipinski definition) is 9. The smallest absolute Gasteiger partial charge is 0.295 e. The number of rotatable bonds is 4. The van der Waals surface area contributed by atoms with E-state index in [1.54, 1.807) is 12.1 Å². The van der Waals surface area contributed by atoms with Crippen molar-refractivity contribution in [3.63, 3.8) is 0 Å². The number of pyridine rings is 1. The minimum atomic E-state index is -4.87. The number of aromatic nitrogens is 1. The van der Waals surface area contributed by atoms with Crippen molar-refractivity contribution >= 4 is 10.1 Å². The fourth-order valence-electron chi connectivity index (χ4n) is 2.37. The molecule has 10 nitrogen and oxygen atoms in total. The molecule has 1 unspecified atom stereocenters. The van der Waals surface area contributed by atoms with Crippen molar-refractivity contribution in [3.8, 4) is 17.2 Å². The molecule has 1 saturated heterocycles.